The Kier molecular flexibility index (Phi) is 5.76. The third-order valence-corrected chi connectivity index (χ3v) is 5.81. The quantitative estimate of drug-likeness (QED) is 0.820. The number of thiophene rings is 1. The molecule has 1 aromatic carbocycles. The van der Waals surface area contributed by atoms with Gasteiger partial charge in [-0.1, -0.05) is 42.7 Å². The Balaban J connectivity index is 2.01. The van der Waals surface area contributed by atoms with E-state index in [0.29, 0.717) is 10.6 Å². The second-order valence-electron chi connectivity index (χ2n) is 6.69. The van der Waals surface area contributed by atoms with Crippen LogP contribution in [0.2, 0.25) is 0 Å². The fraction of sp³-hybridized carbons (Fsp3) is 0.450. The molecule has 1 aliphatic rings. The molecule has 0 radical (unpaired) electrons. The van der Waals surface area contributed by atoms with Gasteiger partial charge in [0.15, 0.2) is 0 Å². The first-order chi connectivity index (χ1) is 12.1. The van der Waals surface area contributed by atoms with Crippen LogP contribution in [-0.2, 0) is 11.3 Å². The predicted molar refractivity (Wildman–Crippen MR) is 104 cm³/mol. The second-order valence-corrected chi connectivity index (χ2v) is 7.82. The number of methoxy groups -OCH3 is 1. The van der Waals surface area contributed by atoms with Gasteiger partial charge in [-0.25, -0.2) is 4.79 Å². The maximum absolute atomic E-state index is 12.3. The lowest BCUT2D eigenvalue weighted by atomic mass is 9.99. The monoisotopic (exact) mass is 358 g/mol. The van der Waals surface area contributed by atoms with Gasteiger partial charge in [-0.15, -0.1) is 11.3 Å². The average molecular weight is 359 g/mol. The van der Waals surface area contributed by atoms with Gasteiger partial charge in [-0.2, -0.15) is 0 Å². The Bertz CT molecular complexity index is 729. The lowest BCUT2D eigenvalue weighted by molar-refractivity contribution is 0.0603. The average Bonchev–Trinajstić information content (AvgIpc) is 2.77. The Morgan fingerprint density at radius 1 is 1.16 bits per heavy atom. The number of nitrogens with zero attached hydrogens (tertiary/aromatic N) is 1. The minimum absolute atomic E-state index is 0.355. The molecule has 0 amide bonds. The van der Waals surface area contributed by atoms with Crippen LogP contribution in [0.15, 0.2) is 24.3 Å². The van der Waals surface area contributed by atoms with Crippen LogP contribution < -0.4 is 5.73 Å². The maximum Gasteiger partial charge on any atom is 0.341 e. The third kappa shape index (κ3) is 4.05. The van der Waals surface area contributed by atoms with E-state index in [2.05, 4.69) is 36.1 Å². The minimum atomic E-state index is -0.355. The highest BCUT2D eigenvalue weighted by atomic mass is 32.1. The summed E-state index contributed by atoms with van der Waals surface area (Å²) in [5.41, 5.74) is 9.91. The molecule has 2 heterocycles. The molecule has 0 bridgehead atoms. The van der Waals surface area contributed by atoms with E-state index in [9.17, 15) is 4.79 Å². The van der Waals surface area contributed by atoms with Crippen molar-refractivity contribution in [2.24, 2.45) is 0 Å². The summed E-state index contributed by atoms with van der Waals surface area (Å²) in [6.45, 7) is 5.12. The highest BCUT2D eigenvalue weighted by molar-refractivity contribution is 7.17. The first-order valence-electron chi connectivity index (χ1n) is 8.89. The van der Waals surface area contributed by atoms with Crippen molar-refractivity contribution in [2.45, 2.75) is 39.2 Å². The standard InChI is InChI=1S/C20H26N2O2S/c1-14-7-9-15(10-8-14)17-16(13-22-11-5-3-4-6-12-22)25-19(21)18(17)20(23)24-2/h7-10H,3-6,11-13,21H2,1-2H3. The molecule has 1 aliphatic heterocycles. The normalized spacial score (nSPS) is 15.8. The van der Waals surface area contributed by atoms with Crippen LogP contribution in [0.25, 0.3) is 11.1 Å². The lowest BCUT2D eigenvalue weighted by Crippen LogP contribution is -2.23. The number of esters is 1. The van der Waals surface area contributed by atoms with Crippen LogP contribution in [-0.4, -0.2) is 31.1 Å². The van der Waals surface area contributed by atoms with E-state index in [1.165, 1.54) is 49.7 Å². The summed E-state index contributed by atoms with van der Waals surface area (Å²) in [5.74, 6) is -0.355. The molecule has 2 N–H and O–H groups in total. The highest BCUT2D eigenvalue weighted by Crippen LogP contribution is 2.40. The zero-order chi connectivity index (χ0) is 17.8. The van der Waals surface area contributed by atoms with Gasteiger partial charge in [0, 0.05) is 17.0 Å². The lowest BCUT2D eigenvalue weighted by Gasteiger charge is -2.20. The van der Waals surface area contributed by atoms with Crippen molar-refractivity contribution in [3.63, 3.8) is 0 Å². The second kappa shape index (κ2) is 8.02. The number of benzene rings is 1. The Morgan fingerprint density at radius 2 is 1.80 bits per heavy atom. The van der Waals surface area contributed by atoms with E-state index in [1.54, 1.807) is 0 Å². The minimum Gasteiger partial charge on any atom is -0.465 e. The number of likely N-dealkylation sites (tertiary alicyclic amines) is 1. The molecule has 25 heavy (non-hydrogen) atoms. The van der Waals surface area contributed by atoms with Gasteiger partial charge in [0.25, 0.3) is 0 Å². The number of carbonyl (C=O) groups is 1. The first-order valence-corrected chi connectivity index (χ1v) is 9.70. The summed E-state index contributed by atoms with van der Waals surface area (Å²) in [5, 5.41) is 0.548. The van der Waals surface area contributed by atoms with Gasteiger partial charge in [0.1, 0.15) is 10.6 Å². The largest absolute Gasteiger partial charge is 0.465 e. The van der Waals surface area contributed by atoms with Gasteiger partial charge < -0.3 is 10.5 Å². The molecule has 3 rings (SSSR count). The van der Waals surface area contributed by atoms with E-state index < -0.39 is 0 Å². The Hall–Kier alpha value is -1.85. The Morgan fingerprint density at radius 3 is 2.40 bits per heavy atom. The summed E-state index contributed by atoms with van der Waals surface area (Å²) in [4.78, 5) is 16.0. The molecule has 2 aromatic rings. The van der Waals surface area contributed by atoms with Crippen molar-refractivity contribution in [2.75, 3.05) is 25.9 Å². The molecular formula is C20H26N2O2S. The van der Waals surface area contributed by atoms with Crippen LogP contribution in [0.5, 0.6) is 0 Å². The zero-order valence-electron chi connectivity index (χ0n) is 15.0. The van der Waals surface area contributed by atoms with Crippen molar-refractivity contribution in [3.05, 3.63) is 40.3 Å². The van der Waals surface area contributed by atoms with Gasteiger partial charge in [-0.3, -0.25) is 4.90 Å². The predicted octanol–water partition coefficient (Wildman–Crippen LogP) is 4.47. The first kappa shape index (κ1) is 18.0. The molecule has 0 unspecified atom stereocenters. The van der Waals surface area contributed by atoms with E-state index in [1.807, 2.05) is 0 Å². The van der Waals surface area contributed by atoms with Crippen LogP contribution in [0, 0.1) is 6.92 Å². The molecule has 1 saturated heterocycles. The number of nitrogen functional groups attached to an aromatic ring is 1. The topological polar surface area (TPSA) is 55.6 Å². The SMILES string of the molecule is COC(=O)c1c(N)sc(CN2CCCCCC2)c1-c1ccc(C)cc1. The van der Waals surface area contributed by atoms with Gasteiger partial charge >= 0.3 is 5.97 Å². The van der Waals surface area contributed by atoms with E-state index in [0.717, 1.165) is 35.6 Å². The molecule has 134 valence electrons. The smallest absolute Gasteiger partial charge is 0.341 e. The van der Waals surface area contributed by atoms with Crippen molar-refractivity contribution >= 4 is 22.3 Å². The highest BCUT2D eigenvalue weighted by Gasteiger charge is 2.25. The number of hydrogen-bond acceptors (Lipinski definition) is 5. The molecule has 1 aromatic heterocycles. The van der Waals surface area contributed by atoms with Gasteiger partial charge in [0.2, 0.25) is 0 Å². The summed E-state index contributed by atoms with van der Waals surface area (Å²) in [6.07, 6.45) is 5.10. The van der Waals surface area contributed by atoms with Gasteiger partial charge in [0.05, 0.1) is 7.11 Å². The van der Waals surface area contributed by atoms with Crippen molar-refractivity contribution in [3.8, 4) is 11.1 Å². The molecule has 4 nitrogen and oxygen atoms in total. The van der Waals surface area contributed by atoms with Crippen molar-refractivity contribution in [1.82, 2.24) is 4.90 Å². The number of aryl methyl sites for hydroxylation is 1. The summed E-state index contributed by atoms with van der Waals surface area (Å²) in [7, 11) is 1.41. The molecular weight excluding hydrogens is 332 g/mol. The number of hydrogen-bond donors (Lipinski definition) is 1. The number of carbonyl (C=O) groups excluding carboxylic acids is 1. The Labute approximate surface area is 153 Å². The van der Waals surface area contributed by atoms with Gasteiger partial charge in [-0.05, 0) is 38.4 Å². The van der Waals surface area contributed by atoms with Crippen molar-refractivity contribution < 1.29 is 9.53 Å². The molecule has 5 heteroatoms. The number of nitrogens with two attached hydrogens (primary N) is 1. The summed E-state index contributed by atoms with van der Waals surface area (Å²) >= 11 is 1.52. The van der Waals surface area contributed by atoms with Crippen LogP contribution >= 0.6 is 11.3 Å². The zero-order valence-corrected chi connectivity index (χ0v) is 15.8. The summed E-state index contributed by atoms with van der Waals surface area (Å²) in [6, 6.07) is 8.27. The van der Waals surface area contributed by atoms with E-state index in [4.69, 9.17) is 10.5 Å². The molecule has 1 fully saturated rings. The molecule has 0 spiro atoms. The molecule has 0 atom stereocenters. The van der Waals surface area contributed by atoms with Crippen LogP contribution in [0.4, 0.5) is 5.00 Å². The van der Waals surface area contributed by atoms with E-state index >= 15 is 0 Å². The maximum atomic E-state index is 12.3. The summed E-state index contributed by atoms with van der Waals surface area (Å²) < 4.78 is 5.00. The third-order valence-electron chi connectivity index (χ3n) is 4.80. The van der Waals surface area contributed by atoms with Crippen molar-refractivity contribution in [1.29, 1.82) is 0 Å². The number of anilines is 1. The number of rotatable bonds is 4. The fourth-order valence-electron chi connectivity index (χ4n) is 3.44. The molecule has 0 aliphatic carbocycles. The van der Waals surface area contributed by atoms with E-state index in [-0.39, 0.29) is 5.97 Å². The molecule has 0 saturated carbocycles. The number of ether oxygens (including phenoxy) is 1. The fourth-order valence-corrected chi connectivity index (χ4v) is 4.56. The van der Waals surface area contributed by atoms with Crippen LogP contribution in [0.1, 0.15) is 46.5 Å². The van der Waals surface area contributed by atoms with Crippen LogP contribution in [0.3, 0.4) is 0 Å².